The van der Waals surface area contributed by atoms with E-state index < -0.39 is 6.10 Å². The van der Waals surface area contributed by atoms with E-state index in [9.17, 15) is 14.4 Å². The Balaban J connectivity index is 4.20. The molecule has 462 valence electrons. The molecule has 0 amide bonds. The molecule has 0 spiro atoms. The highest BCUT2D eigenvalue weighted by Crippen LogP contribution is 2.13. The summed E-state index contributed by atoms with van der Waals surface area (Å²) in [6.45, 7) is 6.28. The van der Waals surface area contributed by atoms with E-state index in [0.717, 1.165) is 212 Å². The van der Waals surface area contributed by atoms with Crippen molar-refractivity contribution in [2.45, 2.75) is 258 Å². The molecule has 0 aliphatic heterocycles. The summed E-state index contributed by atoms with van der Waals surface area (Å²) in [5, 5.41) is 0. The van der Waals surface area contributed by atoms with Crippen molar-refractivity contribution in [1.82, 2.24) is 0 Å². The number of ether oxygens (including phenoxy) is 3. The molecule has 0 bridgehead atoms. The number of hydrogen-bond acceptors (Lipinski definition) is 6. The second kappa shape index (κ2) is 68.7. The first-order chi connectivity index (χ1) is 41.0. The summed E-state index contributed by atoms with van der Waals surface area (Å²) in [4.78, 5) is 38.0. The first-order valence-electron chi connectivity index (χ1n) is 32.9. The summed E-state index contributed by atoms with van der Waals surface area (Å²) in [5.74, 6) is -0.966. The lowest BCUT2D eigenvalue weighted by Gasteiger charge is -2.18. The van der Waals surface area contributed by atoms with Crippen molar-refractivity contribution >= 4 is 17.9 Å². The SMILES string of the molecule is CC/C=C\C/C=C\C/C=C\C/C=C\C/C=C\C/C=C\C/C=C\C/C=C\C/C=C\CCCCCCCC(=O)OCC(COC(=O)CCCCCCC)OC(=O)CCCCCCC/C=C\C/C=C\C/C=C\C/C=C\C/C=C\C/C=C\C/C=C\CC. The van der Waals surface area contributed by atoms with Crippen LogP contribution < -0.4 is 0 Å². The van der Waals surface area contributed by atoms with Gasteiger partial charge in [-0.25, -0.2) is 0 Å². The number of esters is 3. The monoisotopic (exact) mass is 1140 g/mol. The van der Waals surface area contributed by atoms with Crippen molar-refractivity contribution in [3.8, 4) is 0 Å². The molecule has 1 unspecified atom stereocenters. The summed E-state index contributed by atoms with van der Waals surface area (Å²) >= 11 is 0. The third-order valence-corrected chi connectivity index (χ3v) is 13.1. The van der Waals surface area contributed by atoms with E-state index in [1.54, 1.807) is 0 Å². The maximum Gasteiger partial charge on any atom is 0.306 e. The zero-order valence-corrected chi connectivity index (χ0v) is 52.9. The zero-order chi connectivity index (χ0) is 59.9. The Kier molecular flexibility index (Phi) is 64.0. The number of hydrogen-bond donors (Lipinski definition) is 0. The molecule has 83 heavy (non-hydrogen) atoms. The van der Waals surface area contributed by atoms with Crippen molar-refractivity contribution in [2.24, 2.45) is 0 Å². The van der Waals surface area contributed by atoms with Gasteiger partial charge < -0.3 is 14.2 Å². The molecule has 6 heteroatoms. The Labute approximate surface area is 509 Å². The number of rotatable bonds is 57. The Hall–Kier alpha value is -5.75. The Morgan fingerprint density at radius 2 is 0.470 bits per heavy atom. The predicted molar refractivity (Wildman–Crippen MR) is 361 cm³/mol. The van der Waals surface area contributed by atoms with Crippen LogP contribution in [0.3, 0.4) is 0 Å². The molecule has 0 fully saturated rings. The van der Waals surface area contributed by atoms with Crippen LogP contribution in [0.25, 0.3) is 0 Å². The average Bonchev–Trinajstić information content (AvgIpc) is 3.49. The molecule has 0 aliphatic rings. The normalized spacial score (nSPS) is 13.4. The quantitative estimate of drug-likeness (QED) is 0.0261. The molecular weight excluding hydrogens is 1020 g/mol. The van der Waals surface area contributed by atoms with Crippen LogP contribution in [0.15, 0.2) is 194 Å². The second-order valence-electron chi connectivity index (χ2n) is 20.9. The topological polar surface area (TPSA) is 78.9 Å². The molecule has 0 aromatic heterocycles. The third kappa shape index (κ3) is 66.9. The molecule has 0 heterocycles. The van der Waals surface area contributed by atoms with Crippen LogP contribution >= 0.6 is 0 Å². The van der Waals surface area contributed by atoms with E-state index in [4.69, 9.17) is 14.2 Å². The standard InChI is InChI=1S/C77H118O6/c1-4-7-10-13-15-17-19-21-23-25-27-29-31-33-35-36-37-38-39-40-42-43-45-47-49-51-53-55-57-59-61-64-67-70-76(79)82-73-74(72-81-75(78)69-66-63-12-9-6-3)83-77(80)71-68-65-62-60-58-56-54-52-50-48-46-44-41-34-32-30-28-26-24-22-20-18-16-14-11-8-5-2/h7-8,10-11,15-18,21-24,27-30,33-35,37-38,40-42,45-48,51-54,74H,4-6,9,12-14,19-20,25-26,31-32,36,39,43-44,49-50,55-73H2,1-3H3/b10-7-,11-8-,17-15-,18-16-,23-21-,24-22-,29-27-,30-28-,35-33-,38-37-,41-34-,42-40-,47-45-,48-46-,53-51-,54-52-. The average molecular weight is 1140 g/mol. The molecular formula is C77H118O6. The maximum absolute atomic E-state index is 12.8. The molecule has 0 aromatic rings. The fourth-order valence-corrected chi connectivity index (χ4v) is 8.24. The molecule has 0 aromatic carbocycles. The molecule has 6 nitrogen and oxygen atoms in total. The van der Waals surface area contributed by atoms with E-state index in [2.05, 4.69) is 215 Å². The summed E-state index contributed by atoms with van der Waals surface area (Å²) < 4.78 is 16.7. The van der Waals surface area contributed by atoms with Crippen LogP contribution in [-0.2, 0) is 28.6 Å². The Bertz CT molecular complexity index is 1990. The van der Waals surface area contributed by atoms with Crippen molar-refractivity contribution in [3.05, 3.63) is 194 Å². The number of allylic oxidation sites excluding steroid dienone is 32. The van der Waals surface area contributed by atoms with Gasteiger partial charge >= 0.3 is 17.9 Å². The second-order valence-corrected chi connectivity index (χ2v) is 20.9. The van der Waals surface area contributed by atoms with Crippen LogP contribution in [0.4, 0.5) is 0 Å². The van der Waals surface area contributed by atoms with E-state index in [1.807, 2.05) is 0 Å². The number of carbonyl (C=O) groups excluding carboxylic acids is 3. The summed E-state index contributed by atoms with van der Waals surface area (Å²) in [6.07, 6.45) is 105. The van der Waals surface area contributed by atoms with Crippen LogP contribution in [0.2, 0.25) is 0 Å². The molecule has 1 atom stereocenters. The molecule has 0 rings (SSSR count). The Morgan fingerprint density at radius 1 is 0.253 bits per heavy atom. The minimum atomic E-state index is -0.805. The van der Waals surface area contributed by atoms with Crippen LogP contribution in [-0.4, -0.2) is 37.2 Å². The fourth-order valence-electron chi connectivity index (χ4n) is 8.24. The van der Waals surface area contributed by atoms with Gasteiger partial charge in [-0.05, 0) is 148 Å². The highest BCUT2D eigenvalue weighted by atomic mass is 16.6. The van der Waals surface area contributed by atoms with Crippen molar-refractivity contribution < 1.29 is 28.6 Å². The number of unbranched alkanes of at least 4 members (excludes halogenated alkanes) is 14. The smallest absolute Gasteiger partial charge is 0.306 e. The van der Waals surface area contributed by atoms with Gasteiger partial charge in [-0.15, -0.1) is 0 Å². The first-order valence-corrected chi connectivity index (χ1v) is 32.9. The van der Waals surface area contributed by atoms with Gasteiger partial charge in [0, 0.05) is 19.3 Å². The van der Waals surface area contributed by atoms with Crippen LogP contribution in [0, 0.1) is 0 Å². The molecule has 0 saturated carbocycles. The molecule has 0 N–H and O–H groups in total. The summed E-state index contributed by atoms with van der Waals surface area (Å²) in [7, 11) is 0. The minimum absolute atomic E-state index is 0.102. The van der Waals surface area contributed by atoms with E-state index in [0.29, 0.717) is 19.3 Å². The van der Waals surface area contributed by atoms with Gasteiger partial charge in [0.2, 0.25) is 0 Å². The van der Waals surface area contributed by atoms with Crippen LogP contribution in [0.1, 0.15) is 252 Å². The van der Waals surface area contributed by atoms with Gasteiger partial charge in [0.25, 0.3) is 0 Å². The molecule has 0 radical (unpaired) electrons. The lowest BCUT2D eigenvalue weighted by Crippen LogP contribution is -2.30. The summed E-state index contributed by atoms with van der Waals surface area (Å²) in [6, 6.07) is 0. The third-order valence-electron chi connectivity index (χ3n) is 13.1. The number of carbonyl (C=O) groups is 3. The predicted octanol–water partition coefficient (Wildman–Crippen LogP) is 23.0. The van der Waals surface area contributed by atoms with Gasteiger partial charge in [0.1, 0.15) is 13.2 Å². The van der Waals surface area contributed by atoms with E-state index in [-0.39, 0.29) is 31.1 Å². The van der Waals surface area contributed by atoms with Crippen molar-refractivity contribution in [2.75, 3.05) is 13.2 Å². The van der Waals surface area contributed by atoms with E-state index in [1.165, 1.54) is 0 Å². The van der Waals surface area contributed by atoms with Gasteiger partial charge in [-0.2, -0.15) is 0 Å². The van der Waals surface area contributed by atoms with Crippen molar-refractivity contribution in [3.63, 3.8) is 0 Å². The minimum Gasteiger partial charge on any atom is -0.462 e. The molecule has 0 aliphatic carbocycles. The van der Waals surface area contributed by atoms with Gasteiger partial charge in [-0.3, -0.25) is 14.4 Å². The van der Waals surface area contributed by atoms with Gasteiger partial charge in [-0.1, -0.05) is 279 Å². The lowest BCUT2D eigenvalue weighted by atomic mass is 10.1. The maximum atomic E-state index is 12.8. The zero-order valence-electron chi connectivity index (χ0n) is 52.9. The van der Waals surface area contributed by atoms with Crippen LogP contribution in [0.5, 0.6) is 0 Å². The lowest BCUT2D eigenvalue weighted by molar-refractivity contribution is -0.167. The highest BCUT2D eigenvalue weighted by molar-refractivity contribution is 5.71. The Morgan fingerprint density at radius 3 is 0.735 bits per heavy atom. The molecule has 0 saturated heterocycles. The van der Waals surface area contributed by atoms with Gasteiger partial charge in [0.15, 0.2) is 6.10 Å². The largest absolute Gasteiger partial charge is 0.462 e. The van der Waals surface area contributed by atoms with Crippen molar-refractivity contribution in [1.29, 1.82) is 0 Å². The fraction of sp³-hybridized carbons (Fsp3) is 0.545. The first kappa shape index (κ1) is 77.2. The summed E-state index contributed by atoms with van der Waals surface area (Å²) in [5.41, 5.74) is 0. The van der Waals surface area contributed by atoms with E-state index >= 15 is 0 Å². The highest BCUT2D eigenvalue weighted by Gasteiger charge is 2.19. The van der Waals surface area contributed by atoms with Gasteiger partial charge in [0.05, 0.1) is 0 Å².